The molecule has 0 unspecified atom stereocenters. The lowest BCUT2D eigenvalue weighted by Crippen LogP contribution is -1.98. The van der Waals surface area contributed by atoms with Crippen LogP contribution in [-0.4, -0.2) is 39.8 Å². The van der Waals surface area contributed by atoms with Gasteiger partial charge in [-0.2, -0.15) is 5.21 Å². The van der Waals surface area contributed by atoms with E-state index in [4.69, 9.17) is 14.5 Å². The van der Waals surface area contributed by atoms with E-state index in [1.807, 2.05) is 30.3 Å². The van der Waals surface area contributed by atoms with Gasteiger partial charge in [0.15, 0.2) is 0 Å². The maximum Gasteiger partial charge on any atom is 0.204 e. The van der Waals surface area contributed by atoms with Gasteiger partial charge in [-0.15, -0.1) is 21.5 Å². The topological polar surface area (TPSA) is 85.8 Å². The number of nitrogens with zero attached hydrogens (tertiary/aromatic N) is 4. The number of hydrogen-bond donors (Lipinski definition) is 1. The van der Waals surface area contributed by atoms with E-state index in [1.54, 1.807) is 25.6 Å². The highest BCUT2D eigenvalue weighted by Crippen LogP contribution is 2.35. The lowest BCUT2D eigenvalue weighted by molar-refractivity contribution is 0.399. The number of rotatable bonds is 5. The summed E-state index contributed by atoms with van der Waals surface area (Å²) < 4.78 is 12.2. The quantitative estimate of drug-likeness (QED) is 0.472. The number of aromatic nitrogens is 5. The fourth-order valence-corrected chi connectivity index (χ4v) is 4.48. The average Bonchev–Trinajstić information content (AvgIpc) is 3.45. The van der Waals surface area contributed by atoms with Gasteiger partial charge < -0.3 is 9.47 Å². The Labute approximate surface area is 170 Å². The van der Waals surface area contributed by atoms with Crippen molar-refractivity contribution in [2.45, 2.75) is 6.42 Å². The summed E-state index contributed by atoms with van der Waals surface area (Å²) in [5, 5.41) is 18.7. The van der Waals surface area contributed by atoms with Gasteiger partial charge in [0, 0.05) is 33.0 Å². The van der Waals surface area contributed by atoms with Crippen LogP contribution in [-0.2, 0) is 6.42 Å². The van der Waals surface area contributed by atoms with E-state index in [-0.39, 0.29) is 0 Å². The third kappa shape index (κ3) is 3.07. The molecule has 0 aliphatic carbocycles. The zero-order valence-corrected chi connectivity index (χ0v) is 16.7. The van der Waals surface area contributed by atoms with E-state index < -0.39 is 0 Å². The molecule has 1 N–H and O–H groups in total. The van der Waals surface area contributed by atoms with Crippen LogP contribution in [0.5, 0.6) is 11.5 Å². The molecular weight excluding hydrogens is 386 g/mol. The van der Waals surface area contributed by atoms with Crippen molar-refractivity contribution in [3.05, 3.63) is 59.1 Å². The minimum Gasteiger partial charge on any atom is -0.497 e. The van der Waals surface area contributed by atoms with Gasteiger partial charge in [-0.25, -0.2) is 0 Å². The molecule has 0 aliphatic heterocycles. The smallest absolute Gasteiger partial charge is 0.204 e. The standard InChI is InChI=1S/C21H17N5O2S/c1-27-14-4-6-19(28-2)13(9-14)11-18-16-7-8-29-20(16)15-5-3-12(10-17(15)22-18)21-23-25-26-24-21/h3-10H,11H2,1-2H3,(H,23,24,25,26). The zero-order chi connectivity index (χ0) is 19.8. The largest absolute Gasteiger partial charge is 0.497 e. The Morgan fingerprint density at radius 2 is 1.93 bits per heavy atom. The first-order valence-corrected chi connectivity index (χ1v) is 9.89. The van der Waals surface area contributed by atoms with Crippen molar-refractivity contribution in [2.75, 3.05) is 14.2 Å². The van der Waals surface area contributed by atoms with Crippen LogP contribution in [0.3, 0.4) is 0 Å². The average molecular weight is 403 g/mol. The Bertz CT molecular complexity index is 1310. The van der Waals surface area contributed by atoms with Crippen molar-refractivity contribution in [2.24, 2.45) is 0 Å². The molecule has 0 aliphatic rings. The fourth-order valence-electron chi connectivity index (χ4n) is 3.53. The molecule has 0 radical (unpaired) electrons. The second kappa shape index (κ2) is 7.14. The predicted molar refractivity (Wildman–Crippen MR) is 113 cm³/mol. The molecule has 0 amide bonds. The number of hydrogen-bond acceptors (Lipinski definition) is 7. The highest BCUT2D eigenvalue weighted by Gasteiger charge is 2.14. The first-order chi connectivity index (χ1) is 14.3. The Balaban J connectivity index is 1.67. The Morgan fingerprint density at radius 1 is 1.00 bits per heavy atom. The summed E-state index contributed by atoms with van der Waals surface area (Å²) in [6, 6.07) is 14.0. The molecule has 0 spiro atoms. The van der Waals surface area contributed by atoms with E-state index in [0.29, 0.717) is 12.2 Å². The third-order valence-corrected chi connectivity index (χ3v) is 5.87. The number of methoxy groups -OCH3 is 2. The van der Waals surface area contributed by atoms with Crippen molar-refractivity contribution < 1.29 is 9.47 Å². The summed E-state index contributed by atoms with van der Waals surface area (Å²) >= 11 is 1.72. The van der Waals surface area contributed by atoms with E-state index in [2.05, 4.69) is 38.1 Å². The molecule has 3 aromatic heterocycles. The molecule has 3 heterocycles. The predicted octanol–water partition coefficient (Wildman–Crippen LogP) is 4.24. The maximum absolute atomic E-state index is 5.56. The van der Waals surface area contributed by atoms with E-state index >= 15 is 0 Å². The van der Waals surface area contributed by atoms with Crippen molar-refractivity contribution in [1.82, 2.24) is 25.6 Å². The molecule has 0 fully saturated rings. The van der Waals surface area contributed by atoms with Crippen molar-refractivity contribution in [3.8, 4) is 22.9 Å². The summed E-state index contributed by atoms with van der Waals surface area (Å²) in [6.07, 6.45) is 0.635. The summed E-state index contributed by atoms with van der Waals surface area (Å²) in [4.78, 5) is 5.00. The van der Waals surface area contributed by atoms with Gasteiger partial charge in [0.1, 0.15) is 11.5 Å². The molecule has 0 saturated heterocycles. The van der Waals surface area contributed by atoms with Gasteiger partial charge in [0.2, 0.25) is 5.82 Å². The number of nitrogens with one attached hydrogen (secondary N) is 1. The highest BCUT2D eigenvalue weighted by molar-refractivity contribution is 7.18. The number of ether oxygens (including phenoxy) is 2. The summed E-state index contributed by atoms with van der Waals surface area (Å²) in [5.74, 6) is 2.16. The second-order valence-electron chi connectivity index (χ2n) is 6.54. The zero-order valence-electron chi connectivity index (χ0n) is 15.8. The van der Waals surface area contributed by atoms with E-state index in [1.165, 1.54) is 4.70 Å². The molecule has 0 saturated carbocycles. The first-order valence-electron chi connectivity index (χ1n) is 9.01. The first kappa shape index (κ1) is 17.6. The molecule has 144 valence electrons. The molecular formula is C21H17N5O2S. The number of benzene rings is 2. The van der Waals surface area contributed by atoms with Gasteiger partial charge >= 0.3 is 0 Å². The van der Waals surface area contributed by atoms with Crippen molar-refractivity contribution in [1.29, 1.82) is 0 Å². The number of H-pyrrole nitrogens is 1. The maximum atomic E-state index is 5.56. The van der Waals surface area contributed by atoms with Crippen LogP contribution in [0, 0.1) is 0 Å². The normalized spacial score (nSPS) is 11.2. The van der Waals surface area contributed by atoms with Crippen LogP contribution < -0.4 is 9.47 Å². The summed E-state index contributed by atoms with van der Waals surface area (Å²) in [5.41, 5.74) is 3.80. The lowest BCUT2D eigenvalue weighted by Gasteiger charge is -2.12. The van der Waals surface area contributed by atoms with Gasteiger partial charge in [-0.05, 0) is 40.9 Å². The Morgan fingerprint density at radius 3 is 2.72 bits per heavy atom. The number of fused-ring (bicyclic) bond motifs is 3. The molecule has 8 heteroatoms. The van der Waals surface area contributed by atoms with Crippen LogP contribution in [0.15, 0.2) is 47.8 Å². The van der Waals surface area contributed by atoms with Crippen LogP contribution in [0.1, 0.15) is 11.3 Å². The summed E-state index contributed by atoms with van der Waals surface area (Å²) in [6.45, 7) is 0. The minimum absolute atomic E-state index is 0.552. The Hall–Kier alpha value is -3.52. The van der Waals surface area contributed by atoms with Crippen LogP contribution >= 0.6 is 11.3 Å². The van der Waals surface area contributed by atoms with Gasteiger partial charge in [0.05, 0.1) is 25.4 Å². The third-order valence-electron chi connectivity index (χ3n) is 4.92. The van der Waals surface area contributed by atoms with Crippen molar-refractivity contribution >= 4 is 32.3 Å². The monoisotopic (exact) mass is 403 g/mol. The highest BCUT2D eigenvalue weighted by atomic mass is 32.1. The molecule has 0 bridgehead atoms. The second-order valence-corrected chi connectivity index (χ2v) is 7.46. The molecule has 7 nitrogen and oxygen atoms in total. The number of tetrazole rings is 1. The van der Waals surface area contributed by atoms with Crippen LogP contribution in [0.25, 0.3) is 32.4 Å². The van der Waals surface area contributed by atoms with Crippen molar-refractivity contribution in [3.63, 3.8) is 0 Å². The lowest BCUT2D eigenvalue weighted by atomic mass is 10.0. The molecule has 29 heavy (non-hydrogen) atoms. The Kier molecular flexibility index (Phi) is 4.33. The van der Waals surface area contributed by atoms with Gasteiger partial charge in [0.25, 0.3) is 0 Å². The van der Waals surface area contributed by atoms with Gasteiger partial charge in [-0.3, -0.25) is 4.98 Å². The molecule has 5 aromatic rings. The number of thiophene rings is 1. The van der Waals surface area contributed by atoms with Crippen LogP contribution in [0.4, 0.5) is 0 Å². The van der Waals surface area contributed by atoms with Gasteiger partial charge in [-0.1, -0.05) is 12.1 Å². The SMILES string of the molecule is COc1ccc(OC)c(Cc2nc3cc(-c4nn[nH]n4)ccc3c3sccc23)c1. The molecule has 5 rings (SSSR count). The molecule has 2 aromatic carbocycles. The summed E-state index contributed by atoms with van der Waals surface area (Å²) in [7, 11) is 3.34. The van der Waals surface area contributed by atoms with E-state index in [0.717, 1.165) is 44.6 Å². The number of aromatic amines is 1. The fraction of sp³-hybridized carbons (Fsp3) is 0.143. The van der Waals surface area contributed by atoms with Crippen LogP contribution in [0.2, 0.25) is 0 Å². The molecule has 0 atom stereocenters. The number of pyridine rings is 1. The van der Waals surface area contributed by atoms with E-state index in [9.17, 15) is 0 Å². The minimum atomic E-state index is 0.552.